The first-order chi connectivity index (χ1) is 10.9. The van der Waals surface area contributed by atoms with Gasteiger partial charge in [-0.15, -0.1) is 0 Å². The van der Waals surface area contributed by atoms with Crippen LogP contribution in [0.4, 0.5) is 0 Å². The van der Waals surface area contributed by atoms with E-state index in [1.807, 2.05) is 0 Å². The van der Waals surface area contributed by atoms with E-state index < -0.39 is 21.8 Å². The summed E-state index contributed by atoms with van der Waals surface area (Å²) in [5.41, 5.74) is 3.45. The molecule has 0 spiro atoms. The van der Waals surface area contributed by atoms with Gasteiger partial charge in [-0.05, 0) is 0 Å². The summed E-state index contributed by atoms with van der Waals surface area (Å²) in [6.45, 7) is 0. The van der Waals surface area contributed by atoms with Gasteiger partial charge in [-0.1, -0.05) is 0 Å². The number of rotatable bonds is 3. The Morgan fingerprint density at radius 3 is 1.95 bits per heavy atom. The van der Waals surface area contributed by atoms with E-state index in [4.69, 9.17) is 0 Å². The fourth-order valence-electron chi connectivity index (χ4n) is 3.86. The fraction of sp³-hybridized carbons (Fsp3) is 0.238. The first-order valence-corrected chi connectivity index (χ1v) is 12.2. The van der Waals surface area contributed by atoms with Crippen molar-refractivity contribution in [3.63, 3.8) is 0 Å². The van der Waals surface area contributed by atoms with Gasteiger partial charge in [-0.2, -0.15) is 0 Å². The molecule has 2 aliphatic carbocycles. The number of benzene rings is 2. The van der Waals surface area contributed by atoms with Crippen molar-refractivity contribution in [2.45, 2.75) is 29.3 Å². The normalized spacial score (nSPS) is 20.1. The third kappa shape index (κ3) is 2.72. The standard InChI is InChI=1S/C9H11.2C6H5.Zr/c1-2-5-9-7-3-6-8(9)4-1;2*1-2-4-6-5-3-1;/h3,6-7H,1-2,4-5H2;2*1-5H;. The Bertz CT molecular complexity index is 658. The Kier molecular flexibility index (Phi) is 4.26. The van der Waals surface area contributed by atoms with Crippen molar-refractivity contribution >= 4 is 6.54 Å². The molecular formula is C21H21Zr. The molecule has 0 fully saturated rings. The molecule has 0 aliphatic heterocycles. The second-order valence-corrected chi connectivity index (χ2v) is 12.6. The van der Waals surface area contributed by atoms with Gasteiger partial charge < -0.3 is 0 Å². The van der Waals surface area contributed by atoms with Crippen LogP contribution in [-0.2, 0) is 21.8 Å². The minimum absolute atomic E-state index is 0.738. The maximum absolute atomic E-state index is 2.55. The molecular weight excluding hydrogens is 343 g/mol. The molecule has 1 unspecified atom stereocenters. The number of allylic oxidation sites excluding steroid dienone is 4. The molecule has 0 radical (unpaired) electrons. The summed E-state index contributed by atoms with van der Waals surface area (Å²) in [5, 5.41) is 0. The second kappa shape index (κ2) is 6.51. The van der Waals surface area contributed by atoms with Crippen LogP contribution in [0.25, 0.3) is 0 Å². The molecule has 0 nitrogen and oxygen atoms in total. The predicted molar refractivity (Wildman–Crippen MR) is 90.5 cm³/mol. The third-order valence-corrected chi connectivity index (χ3v) is 12.5. The summed E-state index contributed by atoms with van der Waals surface area (Å²) in [7, 11) is 0. The predicted octanol–water partition coefficient (Wildman–Crippen LogP) is 4.48. The molecule has 0 bridgehead atoms. The Hall–Kier alpha value is -1.20. The monoisotopic (exact) mass is 363 g/mol. The zero-order chi connectivity index (χ0) is 14.8. The topological polar surface area (TPSA) is 0 Å². The zero-order valence-electron chi connectivity index (χ0n) is 12.8. The molecule has 0 aromatic heterocycles. The van der Waals surface area contributed by atoms with E-state index in [1.54, 1.807) is 17.7 Å². The summed E-state index contributed by atoms with van der Waals surface area (Å²) >= 11 is -1.94. The van der Waals surface area contributed by atoms with Crippen molar-refractivity contribution in [1.29, 1.82) is 0 Å². The average Bonchev–Trinajstić information content (AvgIpc) is 3.01. The van der Waals surface area contributed by atoms with Crippen LogP contribution in [0.1, 0.15) is 25.7 Å². The fourth-order valence-corrected chi connectivity index (χ4v) is 11.5. The van der Waals surface area contributed by atoms with Crippen molar-refractivity contribution in [3.8, 4) is 0 Å². The molecule has 0 heterocycles. The molecule has 0 N–H and O–H groups in total. The van der Waals surface area contributed by atoms with Crippen molar-refractivity contribution in [3.05, 3.63) is 84.0 Å². The van der Waals surface area contributed by atoms with E-state index in [9.17, 15) is 0 Å². The minimum atomic E-state index is -1.94. The van der Waals surface area contributed by atoms with Crippen molar-refractivity contribution in [2.75, 3.05) is 0 Å². The Morgan fingerprint density at radius 1 is 0.727 bits per heavy atom. The van der Waals surface area contributed by atoms with E-state index >= 15 is 0 Å². The van der Waals surface area contributed by atoms with Gasteiger partial charge in [0.2, 0.25) is 0 Å². The van der Waals surface area contributed by atoms with Gasteiger partial charge in [0.25, 0.3) is 0 Å². The van der Waals surface area contributed by atoms with E-state index in [2.05, 4.69) is 72.8 Å². The molecule has 4 rings (SSSR count). The molecule has 1 heteroatoms. The SMILES string of the molecule is C1=C[CH]([Zr]([c]2ccccc2)[c]2ccccc2)C2=C1CCCC2. The van der Waals surface area contributed by atoms with Crippen LogP contribution < -0.4 is 6.54 Å². The summed E-state index contributed by atoms with van der Waals surface area (Å²) in [4.78, 5) is 0. The van der Waals surface area contributed by atoms with Gasteiger partial charge in [-0.3, -0.25) is 0 Å². The molecule has 0 saturated carbocycles. The van der Waals surface area contributed by atoms with Crippen LogP contribution in [0.5, 0.6) is 0 Å². The van der Waals surface area contributed by atoms with Crippen molar-refractivity contribution in [1.82, 2.24) is 0 Å². The first kappa shape index (κ1) is 14.4. The van der Waals surface area contributed by atoms with Crippen LogP contribution in [0.2, 0.25) is 3.63 Å². The summed E-state index contributed by atoms with van der Waals surface area (Å²) in [6.07, 6.45) is 10.4. The zero-order valence-corrected chi connectivity index (χ0v) is 15.3. The molecule has 22 heavy (non-hydrogen) atoms. The molecule has 0 amide bonds. The molecule has 1 atom stereocenters. The average molecular weight is 365 g/mol. The van der Waals surface area contributed by atoms with Gasteiger partial charge in [0.15, 0.2) is 0 Å². The quantitative estimate of drug-likeness (QED) is 0.753. The first-order valence-electron chi connectivity index (χ1n) is 8.31. The Labute approximate surface area is 141 Å². The van der Waals surface area contributed by atoms with E-state index in [0.717, 1.165) is 3.63 Å². The maximum atomic E-state index is 2.55. The Morgan fingerprint density at radius 2 is 1.32 bits per heavy atom. The summed E-state index contributed by atoms with van der Waals surface area (Å²) < 4.78 is 4.00. The third-order valence-electron chi connectivity index (χ3n) is 4.90. The molecule has 2 aromatic rings. The van der Waals surface area contributed by atoms with E-state index in [-0.39, 0.29) is 0 Å². The van der Waals surface area contributed by atoms with E-state index in [1.165, 1.54) is 25.7 Å². The van der Waals surface area contributed by atoms with Crippen LogP contribution in [0, 0.1) is 0 Å². The van der Waals surface area contributed by atoms with Gasteiger partial charge in [0, 0.05) is 0 Å². The van der Waals surface area contributed by atoms with Gasteiger partial charge in [-0.25, -0.2) is 0 Å². The van der Waals surface area contributed by atoms with E-state index in [0.29, 0.717) is 0 Å². The van der Waals surface area contributed by atoms with Crippen LogP contribution in [0.3, 0.4) is 0 Å². The molecule has 2 aromatic carbocycles. The van der Waals surface area contributed by atoms with Gasteiger partial charge >= 0.3 is 142 Å². The number of hydrogen-bond donors (Lipinski definition) is 0. The van der Waals surface area contributed by atoms with Crippen molar-refractivity contribution in [2.24, 2.45) is 0 Å². The molecule has 2 aliphatic rings. The number of hydrogen-bond acceptors (Lipinski definition) is 0. The summed E-state index contributed by atoms with van der Waals surface area (Å²) in [6, 6.07) is 22.6. The van der Waals surface area contributed by atoms with Crippen LogP contribution in [-0.4, -0.2) is 0 Å². The van der Waals surface area contributed by atoms with Gasteiger partial charge in [0.1, 0.15) is 0 Å². The molecule has 109 valence electrons. The van der Waals surface area contributed by atoms with Crippen LogP contribution >= 0.6 is 0 Å². The van der Waals surface area contributed by atoms with Crippen LogP contribution in [0.15, 0.2) is 84.0 Å². The second-order valence-electron chi connectivity index (χ2n) is 6.24. The Balaban J connectivity index is 1.79. The van der Waals surface area contributed by atoms with Gasteiger partial charge in [0.05, 0.1) is 0 Å². The van der Waals surface area contributed by atoms with Crippen molar-refractivity contribution < 1.29 is 21.8 Å². The summed E-state index contributed by atoms with van der Waals surface area (Å²) in [5.74, 6) is 0. The molecule has 0 saturated heterocycles.